The molecule has 0 amide bonds. The molecule has 0 spiro atoms. The van der Waals surface area contributed by atoms with Gasteiger partial charge in [-0.1, -0.05) is 0 Å². The minimum absolute atomic E-state index is 0.0737. The van der Waals surface area contributed by atoms with E-state index < -0.39 is 16.0 Å². The van der Waals surface area contributed by atoms with Crippen LogP contribution in [0.2, 0.25) is 0 Å². The van der Waals surface area contributed by atoms with Crippen molar-refractivity contribution in [3.05, 3.63) is 0 Å². The average Bonchev–Trinajstić information content (AvgIpc) is 2.11. The summed E-state index contributed by atoms with van der Waals surface area (Å²) < 4.78 is 24.9. The van der Waals surface area contributed by atoms with Crippen molar-refractivity contribution in [1.29, 1.82) is 0 Å². The number of nitrogens with zero attached hydrogens (tertiary/aromatic N) is 1. The van der Waals surface area contributed by atoms with Crippen molar-refractivity contribution in [1.82, 2.24) is 9.62 Å². The molecule has 1 unspecified atom stereocenters. The van der Waals surface area contributed by atoms with Crippen molar-refractivity contribution in [3.8, 4) is 0 Å². The molecule has 0 aromatic carbocycles. The van der Waals surface area contributed by atoms with E-state index >= 15 is 0 Å². The van der Waals surface area contributed by atoms with Gasteiger partial charge < -0.3 is 10.0 Å². The molecule has 0 aliphatic carbocycles. The molecule has 0 heterocycles. The fourth-order valence-electron chi connectivity index (χ4n) is 0.724. The Morgan fingerprint density at radius 1 is 1.47 bits per heavy atom. The van der Waals surface area contributed by atoms with Gasteiger partial charge in [-0.15, -0.1) is 0 Å². The predicted molar refractivity (Wildman–Crippen MR) is 57.2 cm³/mol. The molecule has 0 bridgehead atoms. The smallest absolute Gasteiger partial charge is 0.304 e. The maximum absolute atomic E-state index is 11.3. The molecular formula is C8H18N2O4S. The summed E-state index contributed by atoms with van der Waals surface area (Å²) in [6.45, 7) is 2.16. The lowest BCUT2D eigenvalue weighted by Crippen LogP contribution is -2.39. The molecular weight excluding hydrogens is 220 g/mol. The van der Waals surface area contributed by atoms with Crippen molar-refractivity contribution in [2.75, 3.05) is 26.4 Å². The molecule has 7 heteroatoms. The molecule has 0 radical (unpaired) electrons. The summed E-state index contributed by atoms with van der Waals surface area (Å²) in [6.07, 6.45) is -0.369. The van der Waals surface area contributed by atoms with Crippen LogP contribution >= 0.6 is 0 Å². The largest absolute Gasteiger partial charge is 0.481 e. The minimum atomic E-state index is -3.46. The average molecular weight is 238 g/mol. The van der Waals surface area contributed by atoms with Crippen LogP contribution in [0.5, 0.6) is 0 Å². The molecule has 0 saturated carbocycles. The van der Waals surface area contributed by atoms with Gasteiger partial charge in [-0.3, -0.25) is 4.79 Å². The van der Waals surface area contributed by atoms with E-state index in [0.717, 1.165) is 0 Å². The summed E-state index contributed by atoms with van der Waals surface area (Å²) in [5, 5.41) is 8.34. The molecule has 0 aliphatic rings. The van der Waals surface area contributed by atoms with Gasteiger partial charge in [0.25, 0.3) is 0 Å². The lowest BCUT2D eigenvalue weighted by Gasteiger charge is -2.19. The first-order valence-corrected chi connectivity index (χ1v) is 6.25. The number of hydrogen-bond donors (Lipinski definition) is 2. The molecule has 90 valence electrons. The van der Waals surface area contributed by atoms with Crippen LogP contribution in [0.15, 0.2) is 0 Å². The molecule has 0 aliphatic heterocycles. The number of likely N-dealkylation sites (N-methyl/N-ethyl adjacent to an activating group) is 1. The number of hydrogen-bond acceptors (Lipinski definition) is 4. The van der Waals surface area contributed by atoms with E-state index in [1.807, 2.05) is 25.9 Å². The molecule has 1 atom stereocenters. The van der Waals surface area contributed by atoms with Gasteiger partial charge in [-0.2, -0.15) is 0 Å². The van der Waals surface area contributed by atoms with E-state index in [4.69, 9.17) is 5.11 Å². The summed E-state index contributed by atoms with van der Waals surface area (Å²) in [6, 6.07) is 0.0737. The third kappa shape index (κ3) is 7.29. The SMILES string of the molecule is CC(CNS(=O)(=O)CCC(=O)O)N(C)C. The first kappa shape index (κ1) is 14.3. The second kappa shape index (κ2) is 6.04. The first-order valence-electron chi connectivity index (χ1n) is 4.60. The highest BCUT2D eigenvalue weighted by Crippen LogP contribution is 1.93. The molecule has 2 N–H and O–H groups in total. The zero-order valence-corrected chi connectivity index (χ0v) is 10.0. The van der Waals surface area contributed by atoms with E-state index in [-0.39, 0.29) is 24.8 Å². The molecule has 0 aromatic rings. The molecule has 0 aromatic heterocycles. The Bertz CT molecular complexity index is 300. The zero-order chi connectivity index (χ0) is 12.1. The quantitative estimate of drug-likeness (QED) is 0.614. The summed E-state index contributed by atoms with van der Waals surface area (Å²) in [5.41, 5.74) is 0. The van der Waals surface area contributed by atoms with Crippen LogP contribution in [0.4, 0.5) is 0 Å². The van der Waals surface area contributed by atoms with Crippen LogP contribution in [-0.2, 0) is 14.8 Å². The Balaban J connectivity index is 4.00. The van der Waals surface area contributed by atoms with Gasteiger partial charge in [-0.25, -0.2) is 13.1 Å². The molecule has 0 saturated heterocycles. The maximum Gasteiger partial charge on any atom is 0.304 e. The fraction of sp³-hybridized carbons (Fsp3) is 0.875. The monoisotopic (exact) mass is 238 g/mol. The van der Waals surface area contributed by atoms with Gasteiger partial charge in [0.15, 0.2) is 0 Å². The van der Waals surface area contributed by atoms with Crippen LogP contribution < -0.4 is 4.72 Å². The van der Waals surface area contributed by atoms with Gasteiger partial charge in [0, 0.05) is 12.6 Å². The van der Waals surface area contributed by atoms with Gasteiger partial charge >= 0.3 is 5.97 Å². The first-order chi connectivity index (χ1) is 6.74. The zero-order valence-electron chi connectivity index (χ0n) is 9.23. The van der Waals surface area contributed by atoms with Gasteiger partial charge in [0.2, 0.25) is 10.0 Å². The van der Waals surface area contributed by atoms with E-state index in [1.54, 1.807) is 0 Å². The van der Waals surface area contributed by atoms with Crippen molar-refractivity contribution >= 4 is 16.0 Å². The Labute approximate surface area is 90.3 Å². The van der Waals surface area contributed by atoms with Crippen LogP contribution in [0.1, 0.15) is 13.3 Å². The number of sulfonamides is 1. The maximum atomic E-state index is 11.3. The second-order valence-electron chi connectivity index (χ2n) is 3.62. The molecule has 6 nitrogen and oxygen atoms in total. The molecule has 0 fully saturated rings. The second-order valence-corrected chi connectivity index (χ2v) is 5.55. The van der Waals surface area contributed by atoms with Crippen LogP contribution in [-0.4, -0.2) is 56.8 Å². The van der Waals surface area contributed by atoms with Crippen molar-refractivity contribution < 1.29 is 18.3 Å². The van der Waals surface area contributed by atoms with Crippen molar-refractivity contribution in [2.45, 2.75) is 19.4 Å². The van der Waals surface area contributed by atoms with E-state index in [9.17, 15) is 13.2 Å². The summed E-state index contributed by atoms with van der Waals surface area (Å²) in [4.78, 5) is 12.1. The summed E-state index contributed by atoms with van der Waals surface area (Å²) >= 11 is 0. The highest BCUT2D eigenvalue weighted by molar-refractivity contribution is 7.89. The van der Waals surface area contributed by atoms with Gasteiger partial charge in [0.05, 0.1) is 12.2 Å². The Morgan fingerprint density at radius 2 is 2.00 bits per heavy atom. The molecule has 15 heavy (non-hydrogen) atoms. The lowest BCUT2D eigenvalue weighted by molar-refractivity contribution is -0.136. The van der Waals surface area contributed by atoms with Crippen LogP contribution in [0.3, 0.4) is 0 Å². The Morgan fingerprint density at radius 3 is 2.40 bits per heavy atom. The number of nitrogens with one attached hydrogen (secondary N) is 1. The van der Waals surface area contributed by atoms with E-state index in [2.05, 4.69) is 4.72 Å². The third-order valence-electron chi connectivity index (χ3n) is 2.06. The van der Waals surface area contributed by atoms with Gasteiger partial charge in [-0.05, 0) is 21.0 Å². The Kier molecular flexibility index (Phi) is 5.77. The normalized spacial score (nSPS) is 14.1. The summed E-state index contributed by atoms with van der Waals surface area (Å²) in [5.74, 6) is -1.48. The summed E-state index contributed by atoms with van der Waals surface area (Å²) in [7, 11) is 0.224. The van der Waals surface area contributed by atoms with Crippen molar-refractivity contribution in [2.24, 2.45) is 0 Å². The van der Waals surface area contributed by atoms with Crippen LogP contribution in [0, 0.1) is 0 Å². The van der Waals surface area contributed by atoms with Crippen LogP contribution in [0.25, 0.3) is 0 Å². The van der Waals surface area contributed by atoms with Gasteiger partial charge in [0.1, 0.15) is 0 Å². The number of rotatable bonds is 7. The third-order valence-corrected chi connectivity index (χ3v) is 3.41. The molecule has 0 rings (SSSR count). The highest BCUT2D eigenvalue weighted by atomic mass is 32.2. The lowest BCUT2D eigenvalue weighted by atomic mass is 10.3. The predicted octanol–water partition coefficient (Wildman–Crippen LogP) is -0.669. The topological polar surface area (TPSA) is 86.7 Å². The highest BCUT2D eigenvalue weighted by Gasteiger charge is 2.14. The minimum Gasteiger partial charge on any atom is -0.481 e. The Hall–Kier alpha value is -0.660. The van der Waals surface area contributed by atoms with E-state index in [0.29, 0.717) is 0 Å². The van der Waals surface area contributed by atoms with E-state index in [1.165, 1.54) is 0 Å². The standard InChI is InChI=1S/C8H18N2O4S/c1-7(10(2)3)6-9-15(13,14)5-4-8(11)12/h7,9H,4-6H2,1-3H3,(H,11,12). The fourth-order valence-corrected chi connectivity index (χ4v) is 1.81. The van der Waals surface area contributed by atoms with Crippen molar-refractivity contribution in [3.63, 3.8) is 0 Å². The number of carboxylic acid groups (broad SMARTS) is 1. The number of aliphatic carboxylic acids is 1. The number of carbonyl (C=O) groups is 1. The number of carboxylic acids is 1.